The van der Waals surface area contributed by atoms with E-state index in [0.29, 0.717) is 0 Å². The number of alkyl halides is 4. The fourth-order valence-corrected chi connectivity index (χ4v) is 0.950. The van der Waals surface area contributed by atoms with Gasteiger partial charge in [-0.3, -0.25) is 0 Å². The predicted octanol–water partition coefficient (Wildman–Crippen LogP) is 2.02. The first-order valence-corrected chi connectivity index (χ1v) is 4.38. The summed E-state index contributed by atoms with van der Waals surface area (Å²) < 4.78 is 48.7. The Hall–Kier alpha value is -1.31. The van der Waals surface area contributed by atoms with Crippen LogP contribution in [-0.2, 0) is 0 Å². The van der Waals surface area contributed by atoms with Crippen molar-refractivity contribution in [3.05, 3.63) is 11.3 Å². The van der Waals surface area contributed by atoms with Crippen molar-refractivity contribution in [3.63, 3.8) is 0 Å². The SMILES string of the molecule is Nc1ncnc(NCC(F)(F)C(F)F)c1Cl. The van der Waals surface area contributed by atoms with Gasteiger partial charge in [-0.25, -0.2) is 18.7 Å². The lowest BCUT2D eigenvalue weighted by molar-refractivity contribution is -0.117. The highest BCUT2D eigenvalue weighted by molar-refractivity contribution is 6.35. The van der Waals surface area contributed by atoms with Crippen molar-refractivity contribution in [2.75, 3.05) is 17.6 Å². The zero-order valence-corrected chi connectivity index (χ0v) is 8.48. The summed E-state index contributed by atoms with van der Waals surface area (Å²) in [7, 11) is 0. The van der Waals surface area contributed by atoms with Crippen LogP contribution < -0.4 is 11.1 Å². The molecule has 4 nitrogen and oxygen atoms in total. The second-order valence-electron chi connectivity index (χ2n) is 2.84. The Morgan fingerprint density at radius 2 is 2.06 bits per heavy atom. The van der Waals surface area contributed by atoms with Crippen molar-refractivity contribution in [1.82, 2.24) is 9.97 Å². The van der Waals surface area contributed by atoms with Gasteiger partial charge in [0.2, 0.25) is 0 Å². The number of rotatable bonds is 4. The molecule has 0 aliphatic rings. The molecule has 16 heavy (non-hydrogen) atoms. The predicted molar refractivity (Wildman–Crippen MR) is 50.9 cm³/mol. The van der Waals surface area contributed by atoms with Gasteiger partial charge in [0.15, 0.2) is 5.82 Å². The molecular weight excluding hydrogens is 252 g/mol. The highest BCUT2D eigenvalue weighted by Gasteiger charge is 2.40. The maximum absolute atomic E-state index is 12.5. The lowest BCUT2D eigenvalue weighted by Crippen LogP contribution is -2.35. The molecule has 0 radical (unpaired) electrons. The number of hydrogen-bond acceptors (Lipinski definition) is 4. The second kappa shape index (κ2) is 4.69. The van der Waals surface area contributed by atoms with Crippen LogP contribution >= 0.6 is 11.6 Å². The van der Waals surface area contributed by atoms with E-state index in [0.717, 1.165) is 6.33 Å². The molecule has 0 aliphatic heterocycles. The Morgan fingerprint density at radius 3 is 2.62 bits per heavy atom. The molecule has 1 aromatic rings. The third-order valence-corrected chi connectivity index (χ3v) is 2.00. The van der Waals surface area contributed by atoms with E-state index in [1.54, 1.807) is 0 Å². The molecule has 0 unspecified atom stereocenters. The summed E-state index contributed by atoms with van der Waals surface area (Å²) in [5, 5.41) is 1.79. The summed E-state index contributed by atoms with van der Waals surface area (Å²) in [4.78, 5) is 6.97. The number of halogens is 5. The molecule has 0 aromatic carbocycles. The van der Waals surface area contributed by atoms with Gasteiger partial charge in [-0.2, -0.15) is 8.78 Å². The maximum atomic E-state index is 12.5. The summed E-state index contributed by atoms with van der Waals surface area (Å²) in [6.07, 6.45) is -2.79. The van der Waals surface area contributed by atoms with E-state index in [-0.39, 0.29) is 16.7 Å². The van der Waals surface area contributed by atoms with Crippen LogP contribution in [0.5, 0.6) is 0 Å². The van der Waals surface area contributed by atoms with Crippen molar-refractivity contribution in [2.45, 2.75) is 12.3 Å². The normalized spacial score (nSPS) is 11.9. The Kier molecular flexibility index (Phi) is 3.74. The number of anilines is 2. The minimum absolute atomic E-state index is 0.125. The maximum Gasteiger partial charge on any atom is 0.324 e. The second-order valence-corrected chi connectivity index (χ2v) is 3.21. The molecule has 1 aromatic heterocycles. The van der Waals surface area contributed by atoms with Crippen LogP contribution in [0.15, 0.2) is 6.33 Å². The van der Waals surface area contributed by atoms with Crippen molar-refractivity contribution < 1.29 is 17.6 Å². The van der Waals surface area contributed by atoms with Crippen LogP contribution in [0, 0.1) is 0 Å². The topological polar surface area (TPSA) is 63.8 Å². The molecule has 1 rings (SSSR count). The highest BCUT2D eigenvalue weighted by Crippen LogP contribution is 2.26. The smallest absolute Gasteiger partial charge is 0.324 e. The van der Waals surface area contributed by atoms with Gasteiger partial charge in [-0.15, -0.1) is 0 Å². The van der Waals surface area contributed by atoms with Crippen molar-refractivity contribution in [2.24, 2.45) is 0 Å². The minimum Gasteiger partial charge on any atom is -0.382 e. The monoisotopic (exact) mass is 258 g/mol. The zero-order valence-electron chi connectivity index (χ0n) is 7.72. The Bertz CT molecular complexity index is 373. The van der Waals surface area contributed by atoms with Crippen LogP contribution in [0.25, 0.3) is 0 Å². The summed E-state index contributed by atoms with van der Waals surface area (Å²) in [6.45, 7) is -1.29. The highest BCUT2D eigenvalue weighted by atomic mass is 35.5. The molecule has 0 aliphatic carbocycles. The van der Waals surface area contributed by atoms with Gasteiger partial charge in [-0.1, -0.05) is 11.6 Å². The molecule has 0 spiro atoms. The molecule has 3 N–H and O–H groups in total. The zero-order chi connectivity index (χ0) is 12.3. The van der Waals surface area contributed by atoms with Gasteiger partial charge in [-0.05, 0) is 0 Å². The summed E-state index contributed by atoms with van der Waals surface area (Å²) in [6, 6.07) is 0. The van der Waals surface area contributed by atoms with Gasteiger partial charge < -0.3 is 11.1 Å². The first-order valence-electron chi connectivity index (χ1n) is 4.00. The number of hydrogen-bond donors (Lipinski definition) is 2. The largest absolute Gasteiger partial charge is 0.382 e. The standard InChI is InChI=1S/C7H7ClF4N4/c8-3-4(13)15-2-16-5(3)14-1-7(11,12)6(9)10/h2,6H,1H2,(H3,13,14,15,16). The van der Waals surface area contributed by atoms with Crippen LogP contribution in [-0.4, -0.2) is 28.9 Å². The number of nitrogen functional groups attached to an aromatic ring is 1. The quantitative estimate of drug-likeness (QED) is 0.811. The van der Waals surface area contributed by atoms with Crippen molar-refractivity contribution >= 4 is 23.2 Å². The average molecular weight is 259 g/mol. The van der Waals surface area contributed by atoms with Gasteiger partial charge in [0.05, 0.1) is 6.54 Å². The van der Waals surface area contributed by atoms with E-state index < -0.39 is 18.9 Å². The summed E-state index contributed by atoms with van der Waals surface area (Å²) in [5.74, 6) is -4.50. The number of nitrogens with zero attached hydrogens (tertiary/aromatic N) is 2. The Morgan fingerprint density at radius 1 is 1.44 bits per heavy atom. The van der Waals surface area contributed by atoms with E-state index in [1.807, 2.05) is 5.32 Å². The van der Waals surface area contributed by atoms with E-state index in [1.165, 1.54) is 0 Å². The lowest BCUT2D eigenvalue weighted by atomic mass is 10.3. The van der Waals surface area contributed by atoms with E-state index in [9.17, 15) is 17.6 Å². The first-order chi connectivity index (χ1) is 7.34. The van der Waals surface area contributed by atoms with Gasteiger partial charge in [0.25, 0.3) is 0 Å². The Labute approximate surface area is 92.8 Å². The third kappa shape index (κ3) is 2.84. The molecule has 0 saturated carbocycles. The van der Waals surface area contributed by atoms with Crippen LogP contribution in [0.3, 0.4) is 0 Å². The van der Waals surface area contributed by atoms with Gasteiger partial charge >= 0.3 is 12.3 Å². The molecular formula is C7H7ClF4N4. The van der Waals surface area contributed by atoms with Gasteiger partial charge in [0.1, 0.15) is 17.2 Å². The molecule has 9 heteroatoms. The van der Waals surface area contributed by atoms with E-state index >= 15 is 0 Å². The van der Waals surface area contributed by atoms with Crippen LogP contribution in [0.2, 0.25) is 5.02 Å². The molecule has 0 atom stereocenters. The molecule has 0 bridgehead atoms. The number of nitrogens with one attached hydrogen (secondary N) is 1. The fourth-order valence-electron chi connectivity index (χ4n) is 0.785. The molecule has 0 fully saturated rings. The van der Waals surface area contributed by atoms with E-state index in [4.69, 9.17) is 17.3 Å². The molecule has 1 heterocycles. The average Bonchev–Trinajstić information content (AvgIpc) is 2.20. The first kappa shape index (κ1) is 12.8. The minimum atomic E-state index is -4.16. The van der Waals surface area contributed by atoms with Crippen molar-refractivity contribution in [3.8, 4) is 0 Å². The van der Waals surface area contributed by atoms with Gasteiger partial charge in [0, 0.05) is 0 Å². The number of nitrogens with two attached hydrogens (primary N) is 1. The van der Waals surface area contributed by atoms with Crippen LogP contribution in [0.4, 0.5) is 29.2 Å². The Balaban J connectivity index is 2.72. The van der Waals surface area contributed by atoms with Crippen LogP contribution in [0.1, 0.15) is 0 Å². The fraction of sp³-hybridized carbons (Fsp3) is 0.429. The molecule has 0 amide bonds. The summed E-state index contributed by atoms with van der Waals surface area (Å²) in [5.41, 5.74) is 5.26. The lowest BCUT2D eigenvalue weighted by Gasteiger charge is -2.16. The molecule has 90 valence electrons. The third-order valence-electron chi connectivity index (χ3n) is 1.63. The van der Waals surface area contributed by atoms with Crippen molar-refractivity contribution in [1.29, 1.82) is 0 Å². The molecule has 0 saturated heterocycles. The number of aromatic nitrogens is 2. The van der Waals surface area contributed by atoms with E-state index in [2.05, 4.69) is 9.97 Å². The summed E-state index contributed by atoms with van der Waals surface area (Å²) >= 11 is 5.56.